The minimum Gasteiger partial charge on any atom is -0.484 e. The third kappa shape index (κ3) is 4.36. The molecule has 0 saturated carbocycles. The maximum absolute atomic E-state index is 13.7. The van der Waals surface area contributed by atoms with E-state index in [0.717, 1.165) is 5.56 Å². The number of rotatable bonds is 6. The molecule has 0 heterocycles. The standard InChI is InChI=1S/C15H14ClFN2O2/c16-12-2-1-3-13(15(12)17)19-8-10-4-6-11(7-5-10)21-9-14(18)20/h1-7,19H,8-9H2,(H2,18,20). The summed E-state index contributed by atoms with van der Waals surface area (Å²) >= 11 is 5.71. The van der Waals surface area contributed by atoms with E-state index in [0.29, 0.717) is 18.0 Å². The van der Waals surface area contributed by atoms with Crippen LogP contribution in [0.1, 0.15) is 5.56 Å². The van der Waals surface area contributed by atoms with Crippen molar-refractivity contribution in [1.82, 2.24) is 0 Å². The van der Waals surface area contributed by atoms with Crippen LogP contribution < -0.4 is 15.8 Å². The first-order valence-electron chi connectivity index (χ1n) is 6.24. The minimum absolute atomic E-state index is 0.0789. The quantitative estimate of drug-likeness (QED) is 0.862. The maximum atomic E-state index is 13.7. The molecule has 110 valence electrons. The SMILES string of the molecule is NC(=O)COc1ccc(CNc2cccc(Cl)c2F)cc1. The predicted octanol–water partition coefficient (Wildman–Crippen LogP) is 2.96. The molecule has 21 heavy (non-hydrogen) atoms. The van der Waals surface area contributed by atoms with Crippen LogP contribution in [0.25, 0.3) is 0 Å². The number of hydrogen-bond acceptors (Lipinski definition) is 3. The fraction of sp³-hybridized carbons (Fsp3) is 0.133. The smallest absolute Gasteiger partial charge is 0.255 e. The zero-order chi connectivity index (χ0) is 15.2. The number of nitrogens with two attached hydrogens (primary N) is 1. The highest BCUT2D eigenvalue weighted by Crippen LogP contribution is 2.22. The number of carbonyl (C=O) groups is 1. The van der Waals surface area contributed by atoms with Crippen molar-refractivity contribution < 1.29 is 13.9 Å². The van der Waals surface area contributed by atoms with Crippen molar-refractivity contribution in [2.24, 2.45) is 5.73 Å². The highest BCUT2D eigenvalue weighted by atomic mass is 35.5. The first-order chi connectivity index (χ1) is 10.1. The van der Waals surface area contributed by atoms with Gasteiger partial charge < -0.3 is 15.8 Å². The molecule has 3 N–H and O–H groups in total. The van der Waals surface area contributed by atoms with Crippen LogP contribution in [0.3, 0.4) is 0 Å². The van der Waals surface area contributed by atoms with Crippen molar-refractivity contribution in [3.63, 3.8) is 0 Å². The molecule has 0 aliphatic heterocycles. The second kappa shape index (κ2) is 6.95. The van der Waals surface area contributed by atoms with E-state index in [9.17, 15) is 9.18 Å². The number of carbonyl (C=O) groups excluding carboxylic acids is 1. The van der Waals surface area contributed by atoms with E-state index in [-0.39, 0.29) is 11.6 Å². The van der Waals surface area contributed by atoms with Gasteiger partial charge in [-0.1, -0.05) is 29.8 Å². The van der Waals surface area contributed by atoms with E-state index in [2.05, 4.69) is 5.32 Å². The Balaban J connectivity index is 1.94. The lowest BCUT2D eigenvalue weighted by Crippen LogP contribution is -2.19. The molecule has 4 nitrogen and oxygen atoms in total. The highest BCUT2D eigenvalue weighted by molar-refractivity contribution is 6.31. The van der Waals surface area contributed by atoms with Crippen LogP contribution >= 0.6 is 11.6 Å². The number of nitrogens with one attached hydrogen (secondary N) is 1. The fourth-order valence-electron chi connectivity index (χ4n) is 1.70. The topological polar surface area (TPSA) is 64.4 Å². The van der Waals surface area contributed by atoms with Crippen molar-refractivity contribution >= 4 is 23.2 Å². The molecule has 0 saturated heterocycles. The fourth-order valence-corrected chi connectivity index (χ4v) is 1.87. The van der Waals surface area contributed by atoms with Gasteiger partial charge in [0.25, 0.3) is 5.91 Å². The van der Waals surface area contributed by atoms with Gasteiger partial charge in [0.2, 0.25) is 0 Å². The van der Waals surface area contributed by atoms with Crippen molar-refractivity contribution in [3.05, 3.63) is 58.9 Å². The lowest BCUT2D eigenvalue weighted by molar-refractivity contribution is -0.119. The lowest BCUT2D eigenvalue weighted by Gasteiger charge is -2.09. The summed E-state index contributed by atoms with van der Waals surface area (Å²) in [7, 11) is 0. The van der Waals surface area contributed by atoms with Crippen LogP contribution in [-0.4, -0.2) is 12.5 Å². The Labute approximate surface area is 126 Å². The highest BCUT2D eigenvalue weighted by Gasteiger charge is 2.05. The van der Waals surface area contributed by atoms with Crippen molar-refractivity contribution in [2.45, 2.75) is 6.54 Å². The summed E-state index contributed by atoms with van der Waals surface area (Å²) in [5.74, 6) is -0.454. The van der Waals surface area contributed by atoms with Gasteiger partial charge in [-0.05, 0) is 29.8 Å². The van der Waals surface area contributed by atoms with E-state index in [4.69, 9.17) is 22.1 Å². The Bertz CT molecular complexity index is 632. The molecule has 0 bridgehead atoms. The van der Waals surface area contributed by atoms with Crippen LogP contribution in [0.5, 0.6) is 5.75 Å². The molecule has 6 heteroatoms. The summed E-state index contributed by atoms with van der Waals surface area (Å²) in [5.41, 5.74) is 6.26. The number of hydrogen-bond donors (Lipinski definition) is 2. The van der Waals surface area contributed by atoms with E-state index in [1.165, 1.54) is 6.07 Å². The van der Waals surface area contributed by atoms with Gasteiger partial charge in [0.05, 0.1) is 10.7 Å². The van der Waals surface area contributed by atoms with Gasteiger partial charge in [-0.15, -0.1) is 0 Å². The lowest BCUT2D eigenvalue weighted by atomic mass is 10.2. The molecule has 0 aliphatic carbocycles. The summed E-state index contributed by atoms with van der Waals surface area (Å²) < 4.78 is 18.8. The molecule has 0 spiro atoms. The summed E-state index contributed by atoms with van der Waals surface area (Å²) in [5, 5.41) is 3.04. The molecular formula is C15H14ClFN2O2. The Morgan fingerprint density at radius 1 is 1.24 bits per heavy atom. The van der Waals surface area contributed by atoms with Gasteiger partial charge in [-0.25, -0.2) is 4.39 Å². The van der Waals surface area contributed by atoms with Crippen molar-refractivity contribution in [1.29, 1.82) is 0 Å². The third-order valence-corrected chi connectivity index (χ3v) is 3.03. The van der Waals surface area contributed by atoms with Crippen LogP contribution in [-0.2, 0) is 11.3 Å². The van der Waals surface area contributed by atoms with Crippen molar-refractivity contribution in [3.8, 4) is 5.75 Å². The molecular weight excluding hydrogens is 295 g/mol. The zero-order valence-electron chi connectivity index (χ0n) is 11.1. The van der Waals surface area contributed by atoms with Crippen LogP contribution in [0.15, 0.2) is 42.5 Å². The van der Waals surface area contributed by atoms with Gasteiger partial charge in [0.1, 0.15) is 5.75 Å². The monoisotopic (exact) mass is 308 g/mol. The number of ether oxygens (including phenoxy) is 1. The Morgan fingerprint density at radius 3 is 2.62 bits per heavy atom. The molecule has 0 aliphatic rings. The number of primary amides is 1. The molecule has 0 atom stereocenters. The second-order valence-corrected chi connectivity index (χ2v) is 4.76. The van der Waals surface area contributed by atoms with Gasteiger partial charge in [-0.2, -0.15) is 0 Å². The molecule has 0 fully saturated rings. The normalized spacial score (nSPS) is 10.2. The molecule has 2 aromatic carbocycles. The molecule has 1 amide bonds. The van der Waals surface area contributed by atoms with Gasteiger partial charge in [0.15, 0.2) is 12.4 Å². The number of anilines is 1. The number of benzene rings is 2. The van der Waals surface area contributed by atoms with Gasteiger partial charge >= 0.3 is 0 Å². The van der Waals surface area contributed by atoms with Crippen LogP contribution in [0.4, 0.5) is 10.1 Å². The molecule has 0 unspecified atom stereocenters. The minimum atomic E-state index is -0.530. The first-order valence-corrected chi connectivity index (χ1v) is 6.62. The predicted molar refractivity (Wildman–Crippen MR) is 79.9 cm³/mol. The number of amides is 1. The van der Waals surface area contributed by atoms with Gasteiger partial charge in [0, 0.05) is 6.54 Å². The summed E-state index contributed by atoms with van der Waals surface area (Å²) in [4.78, 5) is 10.6. The molecule has 0 aromatic heterocycles. The maximum Gasteiger partial charge on any atom is 0.255 e. The third-order valence-electron chi connectivity index (χ3n) is 2.74. The Kier molecular flexibility index (Phi) is 5.00. The van der Waals surface area contributed by atoms with Gasteiger partial charge in [-0.3, -0.25) is 4.79 Å². The van der Waals surface area contributed by atoms with E-state index in [1.54, 1.807) is 24.3 Å². The molecule has 2 aromatic rings. The van der Waals surface area contributed by atoms with Crippen LogP contribution in [0.2, 0.25) is 5.02 Å². The Morgan fingerprint density at radius 2 is 1.95 bits per heavy atom. The Hall–Kier alpha value is -2.27. The largest absolute Gasteiger partial charge is 0.484 e. The molecule has 0 radical (unpaired) electrons. The molecule has 2 rings (SSSR count). The zero-order valence-corrected chi connectivity index (χ0v) is 11.9. The van der Waals surface area contributed by atoms with E-state index in [1.807, 2.05) is 12.1 Å². The second-order valence-electron chi connectivity index (χ2n) is 4.35. The van der Waals surface area contributed by atoms with Crippen molar-refractivity contribution in [2.75, 3.05) is 11.9 Å². The average Bonchev–Trinajstić information content (AvgIpc) is 2.48. The number of halogens is 2. The average molecular weight is 309 g/mol. The first kappa shape index (κ1) is 15.1. The summed E-state index contributed by atoms with van der Waals surface area (Å²) in [6.07, 6.45) is 0. The summed E-state index contributed by atoms with van der Waals surface area (Å²) in [6, 6.07) is 11.8. The summed E-state index contributed by atoms with van der Waals surface area (Å²) in [6.45, 7) is 0.276. The van der Waals surface area contributed by atoms with E-state index >= 15 is 0 Å². The van der Waals surface area contributed by atoms with Crippen LogP contribution in [0, 0.1) is 5.82 Å². The van der Waals surface area contributed by atoms with E-state index < -0.39 is 11.7 Å².